The van der Waals surface area contributed by atoms with E-state index in [-0.39, 0.29) is 11.9 Å². The Balaban J connectivity index is 2.11. The second kappa shape index (κ2) is 2.97. The summed E-state index contributed by atoms with van der Waals surface area (Å²) in [6.45, 7) is 1.20. The molecular weight excluding hydrogens is 192 g/mol. The van der Waals surface area contributed by atoms with Crippen LogP contribution in [0.1, 0.15) is 5.56 Å². The summed E-state index contributed by atoms with van der Waals surface area (Å²) in [6.07, 6.45) is 0.751. The zero-order chi connectivity index (χ0) is 10.4. The lowest BCUT2D eigenvalue weighted by Crippen LogP contribution is -2.53. The molecular formula is C11H12N2O2. The Morgan fingerprint density at radius 1 is 1.47 bits per heavy atom. The van der Waals surface area contributed by atoms with Gasteiger partial charge in [0.05, 0.1) is 18.3 Å². The molecule has 1 saturated heterocycles. The predicted octanol–water partition coefficient (Wildman–Crippen LogP) is 0.253. The summed E-state index contributed by atoms with van der Waals surface area (Å²) in [5.74, 6) is 0.394. The Morgan fingerprint density at radius 3 is 3.20 bits per heavy atom. The molecule has 1 unspecified atom stereocenters. The molecule has 1 amide bonds. The van der Waals surface area contributed by atoms with Gasteiger partial charge in [0.1, 0.15) is 5.75 Å². The maximum Gasteiger partial charge on any atom is 0.241 e. The quantitative estimate of drug-likeness (QED) is 0.637. The topological polar surface area (TPSA) is 52.6 Å². The van der Waals surface area contributed by atoms with Gasteiger partial charge in [-0.05, 0) is 12.1 Å². The number of nitrogens with zero attached hydrogens (tertiary/aromatic N) is 1. The van der Waals surface area contributed by atoms with Crippen LogP contribution in [0, 0.1) is 0 Å². The van der Waals surface area contributed by atoms with Crippen LogP contribution in [0.5, 0.6) is 5.75 Å². The highest BCUT2D eigenvalue weighted by Crippen LogP contribution is 2.38. The van der Waals surface area contributed by atoms with Gasteiger partial charge < -0.3 is 15.3 Å². The first kappa shape index (κ1) is 8.73. The van der Waals surface area contributed by atoms with Gasteiger partial charge in [-0.2, -0.15) is 0 Å². The maximum absolute atomic E-state index is 11.7. The number of phenolic OH excluding ortho intramolecular Hbond substituents is 1. The van der Waals surface area contributed by atoms with Gasteiger partial charge in [-0.3, -0.25) is 4.79 Å². The van der Waals surface area contributed by atoms with E-state index in [1.54, 1.807) is 12.1 Å². The summed E-state index contributed by atoms with van der Waals surface area (Å²) in [6, 6.07) is 5.54. The second-order valence-corrected chi connectivity index (χ2v) is 4.03. The number of anilines is 1. The van der Waals surface area contributed by atoms with Crippen LogP contribution in [0.4, 0.5) is 5.69 Å². The number of rotatable bonds is 0. The van der Waals surface area contributed by atoms with Crippen molar-refractivity contribution in [3.05, 3.63) is 23.8 Å². The van der Waals surface area contributed by atoms with Crippen LogP contribution in [0.15, 0.2) is 18.2 Å². The standard InChI is InChI=1S/C11H12N2O2/c14-10-3-1-2-9-8(10)4-7-5-12-6-11(15)13(7)9/h1-3,7,12,14H,4-6H2. The van der Waals surface area contributed by atoms with Crippen molar-refractivity contribution in [3.63, 3.8) is 0 Å². The number of nitrogens with one attached hydrogen (secondary N) is 1. The molecule has 0 spiro atoms. The Morgan fingerprint density at radius 2 is 2.33 bits per heavy atom. The monoisotopic (exact) mass is 204 g/mol. The first-order valence-electron chi connectivity index (χ1n) is 5.11. The molecule has 0 saturated carbocycles. The van der Waals surface area contributed by atoms with Crippen molar-refractivity contribution in [2.24, 2.45) is 0 Å². The highest BCUT2D eigenvalue weighted by Gasteiger charge is 2.37. The minimum absolute atomic E-state index is 0.0931. The summed E-state index contributed by atoms with van der Waals surface area (Å²) in [5, 5.41) is 12.8. The van der Waals surface area contributed by atoms with Crippen LogP contribution in [0.2, 0.25) is 0 Å². The molecule has 2 N–H and O–H groups in total. The molecule has 0 aliphatic carbocycles. The fourth-order valence-corrected chi connectivity index (χ4v) is 2.45. The number of carbonyl (C=O) groups is 1. The predicted molar refractivity (Wildman–Crippen MR) is 56.0 cm³/mol. The van der Waals surface area contributed by atoms with Gasteiger partial charge in [-0.15, -0.1) is 0 Å². The molecule has 78 valence electrons. The lowest BCUT2D eigenvalue weighted by atomic mass is 10.1. The van der Waals surface area contributed by atoms with Crippen molar-refractivity contribution in [2.75, 3.05) is 18.0 Å². The van der Waals surface area contributed by atoms with Gasteiger partial charge in [0.2, 0.25) is 5.91 Å². The van der Waals surface area contributed by atoms with Gasteiger partial charge >= 0.3 is 0 Å². The molecule has 4 heteroatoms. The van der Waals surface area contributed by atoms with Crippen LogP contribution >= 0.6 is 0 Å². The molecule has 2 aliphatic heterocycles. The number of piperazine rings is 1. The van der Waals surface area contributed by atoms with Gasteiger partial charge in [0, 0.05) is 18.5 Å². The largest absolute Gasteiger partial charge is 0.508 e. The Bertz CT molecular complexity index is 431. The number of fused-ring (bicyclic) bond motifs is 3. The van der Waals surface area contributed by atoms with Crippen molar-refractivity contribution in [3.8, 4) is 5.75 Å². The van der Waals surface area contributed by atoms with E-state index in [2.05, 4.69) is 5.32 Å². The third kappa shape index (κ3) is 1.15. The first-order valence-corrected chi connectivity index (χ1v) is 5.11. The van der Waals surface area contributed by atoms with Crippen molar-refractivity contribution in [1.29, 1.82) is 0 Å². The number of amides is 1. The first-order chi connectivity index (χ1) is 7.27. The van der Waals surface area contributed by atoms with Crippen LogP contribution in [0.25, 0.3) is 0 Å². The van der Waals surface area contributed by atoms with Crippen molar-refractivity contribution >= 4 is 11.6 Å². The number of benzene rings is 1. The van der Waals surface area contributed by atoms with Crippen molar-refractivity contribution < 1.29 is 9.90 Å². The fourth-order valence-electron chi connectivity index (χ4n) is 2.45. The number of phenols is 1. The molecule has 4 nitrogen and oxygen atoms in total. The van der Waals surface area contributed by atoms with Crippen molar-refractivity contribution in [1.82, 2.24) is 5.32 Å². The number of hydrogen-bond donors (Lipinski definition) is 2. The average Bonchev–Trinajstić information content (AvgIpc) is 2.59. The summed E-state index contributed by atoms with van der Waals surface area (Å²) in [4.78, 5) is 13.5. The lowest BCUT2D eigenvalue weighted by molar-refractivity contribution is -0.119. The number of carbonyl (C=O) groups excluding carboxylic acids is 1. The zero-order valence-electron chi connectivity index (χ0n) is 8.23. The van der Waals surface area contributed by atoms with Crippen LogP contribution in [-0.2, 0) is 11.2 Å². The Labute approximate surface area is 87.5 Å². The molecule has 1 fully saturated rings. The van der Waals surface area contributed by atoms with Gasteiger partial charge in [0.25, 0.3) is 0 Å². The molecule has 1 atom stereocenters. The lowest BCUT2D eigenvalue weighted by Gasteiger charge is -2.30. The smallest absolute Gasteiger partial charge is 0.241 e. The second-order valence-electron chi connectivity index (χ2n) is 4.03. The van der Waals surface area contributed by atoms with E-state index < -0.39 is 0 Å². The maximum atomic E-state index is 11.7. The Kier molecular flexibility index (Phi) is 1.73. The third-order valence-corrected chi connectivity index (χ3v) is 3.12. The minimum Gasteiger partial charge on any atom is -0.508 e. The Hall–Kier alpha value is -1.55. The zero-order valence-corrected chi connectivity index (χ0v) is 8.23. The van der Waals surface area contributed by atoms with E-state index >= 15 is 0 Å². The van der Waals surface area contributed by atoms with Crippen LogP contribution < -0.4 is 10.2 Å². The third-order valence-electron chi connectivity index (χ3n) is 3.12. The highest BCUT2D eigenvalue weighted by atomic mass is 16.3. The summed E-state index contributed by atoms with van der Waals surface area (Å²) in [7, 11) is 0. The highest BCUT2D eigenvalue weighted by molar-refractivity contribution is 5.98. The summed E-state index contributed by atoms with van der Waals surface area (Å²) < 4.78 is 0. The molecule has 0 radical (unpaired) electrons. The van der Waals surface area contributed by atoms with E-state index in [4.69, 9.17) is 0 Å². The molecule has 2 heterocycles. The molecule has 3 rings (SSSR count). The number of aromatic hydroxyl groups is 1. The van der Waals surface area contributed by atoms with Crippen LogP contribution in [-0.4, -0.2) is 30.1 Å². The van der Waals surface area contributed by atoms with E-state index in [0.717, 1.165) is 24.2 Å². The van der Waals surface area contributed by atoms with Gasteiger partial charge in [-0.25, -0.2) is 0 Å². The molecule has 0 aromatic heterocycles. The van der Waals surface area contributed by atoms with E-state index in [1.807, 2.05) is 11.0 Å². The minimum atomic E-state index is 0.0931. The molecule has 15 heavy (non-hydrogen) atoms. The molecule has 0 bridgehead atoms. The molecule has 2 aliphatic rings. The number of hydrogen-bond acceptors (Lipinski definition) is 3. The van der Waals surface area contributed by atoms with E-state index in [0.29, 0.717) is 12.3 Å². The average molecular weight is 204 g/mol. The molecule has 1 aromatic carbocycles. The fraction of sp³-hybridized carbons (Fsp3) is 0.364. The van der Waals surface area contributed by atoms with Gasteiger partial charge in [0.15, 0.2) is 0 Å². The van der Waals surface area contributed by atoms with E-state index in [1.165, 1.54) is 0 Å². The van der Waals surface area contributed by atoms with Gasteiger partial charge in [-0.1, -0.05) is 6.07 Å². The van der Waals surface area contributed by atoms with Crippen LogP contribution in [0.3, 0.4) is 0 Å². The SMILES string of the molecule is O=C1CNCC2Cc3c(O)cccc3N12. The normalized spacial score (nSPS) is 23.9. The molecule has 1 aromatic rings. The summed E-state index contributed by atoms with van der Waals surface area (Å²) >= 11 is 0. The van der Waals surface area contributed by atoms with Crippen molar-refractivity contribution in [2.45, 2.75) is 12.5 Å². The van der Waals surface area contributed by atoms with E-state index in [9.17, 15) is 9.90 Å². The summed E-state index contributed by atoms with van der Waals surface area (Å²) in [5.41, 5.74) is 1.78.